The molecule has 1 heterocycles. The Morgan fingerprint density at radius 3 is 3.08 bits per heavy atom. The Kier molecular flexibility index (Phi) is 4.84. The monoisotopic (exact) mass is 182 g/mol. The van der Waals surface area contributed by atoms with Gasteiger partial charge in [0, 0.05) is 19.1 Å². The minimum atomic E-state index is 0.446. The van der Waals surface area contributed by atoms with Crippen molar-refractivity contribution in [3.8, 4) is 12.3 Å². The van der Waals surface area contributed by atoms with Gasteiger partial charge in [-0.2, -0.15) is 0 Å². The van der Waals surface area contributed by atoms with Gasteiger partial charge in [0.2, 0.25) is 0 Å². The van der Waals surface area contributed by atoms with Crippen LogP contribution in [0.25, 0.3) is 0 Å². The van der Waals surface area contributed by atoms with Crippen molar-refractivity contribution in [3.63, 3.8) is 0 Å². The van der Waals surface area contributed by atoms with Crippen molar-refractivity contribution in [2.75, 3.05) is 39.4 Å². The van der Waals surface area contributed by atoms with Gasteiger partial charge in [-0.15, -0.1) is 6.42 Å². The second-order valence-electron chi connectivity index (χ2n) is 3.26. The van der Waals surface area contributed by atoms with Gasteiger partial charge in [-0.25, -0.2) is 0 Å². The standard InChI is InChI=1S/C10H18N2O/c1-3-6-12(4-2)8-10-9-13-7-5-11-10/h1,10-11H,4-9H2,2H3. The highest BCUT2D eigenvalue weighted by molar-refractivity contribution is 4.89. The van der Waals surface area contributed by atoms with E-state index >= 15 is 0 Å². The average Bonchev–Trinajstić information content (AvgIpc) is 2.19. The van der Waals surface area contributed by atoms with E-state index in [1.165, 1.54) is 0 Å². The molecule has 1 N–H and O–H groups in total. The first kappa shape index (κ1) is 10.5. The normalized spacial score (nSPS) is 23.0. The van der Waals surface area contributed by atoms with Crippen LogP contribution in [0.4, 0.5) is 0 Å². The summed E-state index contributed by atoms with van der Waals surface area (Å²) in [6.07, 6.45) is 5.27. The van der Waals surface area contributed by atoms with Gasteiger partial charge < -0.3 is 10.1 Å². The van der Waals surface area contributed by atoms with Crippen LogP contribution in [-0.2, 0) is 4.74 Å². The quantitative estimate of drug-likeness (QED) is 0.616. The SMILES string of the molecule is C#CCN(CC)CC1COCCN1. The number of morpholine rings is 1. The number of nitrogens with one attached hydrogen (secondary N) is 1. The molecule has 1 rings (SSSR count). The van der Waals surface area contributed by atoms with Crippen molar-refractivity contribution in [2.45, 2.75) is 13.0 Å². The Balaban J connectivity index is 2.23. The minimum absolute atomic E-state index is 0.446. The number of rotatable bonds is 4. The lowest BCUT2D eigenvalue weighted by molar-refractivity contribution is 0.0644. The van der Waals surface area contributed by atoms with E-state index in [4.69, 9.17) is 11.2 Å². The van der Waals surface area contributed by atoms with Crippen LogP contribution >= 0.6 is 0 Å². The molecule has 13 heavy (non-hydrogen) atoms. The Morgan fingerprint density at radius 1 is 1.69 bits per heavy atom. The Bertz CT molecular complexity index is 170. The number of nitrogens with zero attached hydrogens (tertiary/aromatic N) is 1. The van der Waals surface area contributed by atoms with Crippen molar-refractivity contribution in [2.24, 2.45) is 0 Å². The molecule has 1 fully saturated rings. The molecule has 74 valence electrons. The highest BCUT2D eigenvalue weighted by atomic mass is 16.5. The molecule has 3 nitrogen and oxygen atoms in total. The van der Waals surface area contributed by atoms with Crippen LogP contribution in [0.3, 0.4) is 0 Å². The van der Waals surface area contributed by atoms with Gasteiger partial charge in [-0.3, -0.25) is 4.90 Å². The van der Waals surface area contributed by atoms with Gasteiger partial charge in [-0.05, 0) is 6.54 Å². The molecule has 0 bridgehead atoms. The summed E-state index contributed by atoms with van der Waals surface area (Å²) in [4.78, 5) is 2.24. The van der Waals surface area contributed by atoms with E-state index in [0.717, 1.165) is 39.4 Å². The average molecular weight is 182 g/mol. The largest absolute Gasteiger partial charge is 0.378 e. The van der Waals surface area contributed by atoms with Gasteiger partial charge in [-0.1, -0.05) is 12.8 Å². The highest BCUT2D eigenvalue weighted by Crippen LogP contribution is 1.96. The predicted octanol–water partition coefficient (Wildman–Crippen LogP) is -0.0701. The van der Waals surface area contributed by atoms with Crippen LogP contribution in [0.5, 0.6) is 0 Å². The molecule has 0 aliphatic carbocycles. The number of likely N-dealkylation sites (N-methyl/N-ethyl adjacent to an activating group) is 1. The molecule has 0 spiro atoms. The zero-order valence-corrected chi connectivity index (χ0v) is 8.25. The maximum Gasteiger partial charge on any atom is 0.0632 e. The maximum atomic E-state index is 5.36. The number of hydrogen-bond donors (Lipinski definition) is 1. The second-order valence-corrected chi connectivity index (χ2v) is 3.26. The summed E-state index contributed by atoms with van der Waals surface area (Å²) in [5, 5.41) is 3.41. The van der Waals surface area contributed by atoms with Crippen molar-refractivity contribution in [1.82, 2.24) is 10.2 Å². The third-order valence-corrected chi connectivity index (χ3v) is 2.24. The van der Waals surface area contributed by atoms with E-state index in [2.05, 4.69) is 23.1 Å². The molecule has 0 radical (unpaired) electrons. The molecule has 0 saturated carbocycles. The van der Waals surface area contributed by atoms with Crippen LogP contribution in [0.1, 0.15) is 6.92 Å². The molecular weight excluding hydrogens is 164 g/mol. The summed E-state index contributed by atoms with van der Waals surface area (Å²) in [6.45, 7) is 7.44. The van der Waals surface area contributed by atoms with E-state index in [-0.39, 0.29) is 0 Å². The fraction of sp³-hybridized carbons (Fsp3) is 0.800. The number of ether oxygens (including phenoxy) is 1. The van der Waals surface area contributed by atoms with Crippen LogP contribution in [0.2, 0.25) is 0 Å². The molecule has 0 aromatic heterocycles. The summed E-state index contributed by atoms with van der Waals surface area (Å²) < 4.78 is 5.36. The molecule has 0 amide bonds. The topological polar surface area (TPSA) is 24.5 Å². The summed E-state index contributed by atoms with van der Waals surface area (Å²) >= 11 is 0. The molecule has 0 aromatic rings. The van der Waals surface area contributed by atoms with Crippen LogP contribution in [0.15, 0.2) is 0 Å². The Hall–Kier alpha value is -0.560. The van der Waals surface area contributed by atoms with Crippen molar-refractivity contribution >= 4 is 0 Å². The predicted molar refractivity (Wildman–Crippen MR) is 53.6 cm³/mol. The lowest BCUT2D eigenvalue weighted by Gasteiger charge is -2.28. The van der Waals surface area contributed by atoms with Gasteiger partial charge in [0.15, 0.2) is 0 Å². The highest BCUT2D eigenvalue weighted by Gasteiger charge is 2.15. The third kappa shape index (κ3) is 3.77. The lowest BCUT2D eigenvalue weighted by Crippen LogP contribution is -2.48. The van der Waals surface area contributed by atoms with Crippen LogP contribution in [0, 0.1) is 12.3 Å². The minimum Gasteiger partial charge on any atom is -0.378 e. The molecule has 1 unspecified atom stereocenters. The molecule has 0 aromatic carbocycles. The maximum absolute atomic E-state index is 5.36. The van der Waals surface area contributed by atoms with Gasteiger partial charge in [0.1, 0.15) is 0 Å². The molecule has 3 heteroatoms. The van der Waals surface area contributed by atoms with Crippen LogP contribution < -0.4 is 5.32 Å². The third-order valence-electron chi connectivity index (χ3n) is 2.24. The second kappa shape index (κ2) is 5.98. The lowest BCUT2D eigenvalue weighted by atomic mass is 10.2. The molecular formula is C10H18N2O. The first-order chi connectivity index (χ1) is 6.36. The first-order valence-corrected chi connectivity index (χ1v) is 4.83. The number of terminal acetylenes is 1. The van der Waals surface area contributed by atoms with E-state index < -0.39 is 0 Å². The molecule has 1 saturated heterocycles. The van der Waals surface area contributed by atoms with Gasteiger partial charge in [0.25, 0.3) is 0 Å². The summed E-state index contributed by atoms with van der Waals surface area (Å²) in [6, 6.07) is 0.446. The zero-order valence-electron chi connectivity index (χ0n) is 8.25. The van der Waals surface area contributed by atoms with E-state index in [1.807, 2.05) is 0 Å². The van der Waals surface area contributed by atoms with Crippen molar-refractivity contribution < 1.29 is 4.74 Å². The zero-order chi connectivity index (χ0) is 9.52. The number of hydrogen-bond acceptors (Lipinski definition) is 3. The first-order valence-electron chi connectivity index (χ1n) is 4.83. The van der Waals surface area contributed by atoms with Gasteiger partial charge in [0.05, 0.1) is 19.8 Å². The fourth-order valence-electron chi connectivity index (χ4n) is 1.48. The van der Waals surface area contributed by atoms with Crippen molar-refractivity contribution in [1.29, 1.82) is 0 Å². The fourth-order valence-corrected chi connectivity index (χ4v) is 1.48. The molecule has 1 aliphatic heterocycles. The smallest absolute Gasteiger partial charge is 0.0632 e. The molecule has 1 aliphatic rings. The molecule has 1 atom stereocenters. The van der Waals surface area contributed by atoms with E-state index in [1.54, 1.807) is 0 Å². The Morgan fingerprint density at radius 2 is 2.54 bits per heavy atom. The summed E-state index contributed by atoms with van der Waals surface area (Å²) in [5.41, 5.74) is 0. The van der Waals surface area contributed by atoms with E-state index in [9.17, 15) is 0 Å². The van der Waals surface area contributed by atoms with E-state index in [0.29, 0.717) is 6.04 Å². The van der Waals surface area contributed by atoms with Gasteiger partial charge >= 0.3 is 0 Å². The Labute approximate surface area is 80.4 Å². The van der Waals surface area contributed by atoms with Crippen molar-refractivity contribution in [3.05, 3.63) is 0 Å². The summed E-state index contributed by atoms with van der Waals surface area (Å²) in [7, 11) is 0. The van der Waals surface area contributed by atoms with Crippen LogP contribution in [-0.4, -0.2) is 50.3 Å². The summed E-state index contributed by atoms with van der Waals surface area (Å²) in [5.74, 6) is 2.67.